The zero-order valence-electron chi connectivity index (χ0n) is 15.6. The van der Waals surface area contributed by atoms with Crippen LogP contribution in [0.3, 0.4) is 0 Å². The lowest BCUT2D eigenvalue weighted by Gasteiger charge is -2.43. The van der Waals surface area contributed by atoms with E-state index in [0.717, 1.165) is 38.5 Å². The highest BCUT2D eigenvalue weighted by molar-refractivity contribution is 5.89. The van der Waals surface area contributed by atoms with E-state index in [1.54, 1.807) is 0 Å². The van der Waals surface area contributed by atoms with Gasteiger partial charge in [-0.15, -0.1) is 0 Å². The van der Waals surface area contributed by atoms with E-state index in [-0.39, 0.29) is 17.2 Å². The van der Waals surface area contributed by atoms with Crippen LogP contribution >= 0.6 is 0 Å². The molecule has 2 aliphatic carbocycles. The van der Waals surface area contributed by atoms with E-state index in [9.17, 15) is 9.59 Å². The first-order valence-corrected chi connectivity index (χ1v) is 9.47. The number of rotatable bonds is 3. The minimum absolute atomic E-state index is 0.0322. The van der Waals surface area contributed by atoms with Crippen LogP contribution in [0.25, 0.3) is 0 Å². The Morgan fingerprint density at radius 1 is 1.17 bits per heavy atom. The highest BCUT2D eigenvalue weighted by Crippen LogP contribution is 2.43. The van der Waals surface area contributed by atoms with Crippen molar-refractivity contribution in [1.82, 2.24) is 10.2 Å². The van der Waals surface area contributed by atoms with E-state index < -0.39 is 11.8 Å². The van der Waals surface area contributed by atoms with Gasteiger partial charge in [0.1, 0.15) is 11.8 Å². The molecule has 0 bridgehead atoms. The molecule has 1 atom stereocenters. The SMILES string of the molecule is CC1CCC2(CC1)OC[C@H](C(=O)NC1CC1)N2C(=O)CC(C)(C)C. The molecule has 3 rings (SSSR count). The standard InChI is InChI=1S/C19H32N2O3/c1-13-7-9-19(10-8-13)21(16(22)11-18(2,3)4)15(12-24-19)17(23)20-14-5-6-14/h13-15H,5-12H2,1-4H3,(H,20,23)/t13?,15-,19?/m1/s1. The molecular weight excluding hydrogens is 304 g/mol. The van der Waals surface area contributed by atoms with Crippen molar-refractivity contribution in [2.75, 3.05) is 6.61 Å². The van der Waals surface area contributed by atoms with Crippen molar-refractivity contribution < 1.29 is 14.3 Å². The lowest BCUT2D eigenvalue weighted by Crippen LogP contribution is -2.57. The zero-order valence-corrected chi connectivity index (χ0v) is 15.6. The molecule has 5 heteroatoms. The van der Waals surface area contributed by atoms with Crippen molar-refractivity contribution >= 4 is 11.8 Å². The van der Waals surface area contributed by atoms with Crippen molar-refractivity contribution in [2.24, 2.45) is 11.3 Å². The van der Waals surface area contributed by atoms with E-state index in [2.05, 4.69) is 33.0 Å². The summed E-state index contributed by atoms with van der Waals surface area (Å²) in [5.74, 6) is 0.693. The molecule has 136 valence electrons. The number of carbonyl (C=O) groups is 2. The van der Waals surface area contributed by atoms with Crippen LogP contribution in [-0.2, 0) is 14.3 Å². The van der Waals surface area contributed by atoms with E-state index in [1.807, 2.05) is 4.90 Å². The number of carbonyl (C=O) groups excluding carboxylic acids is 2. The molecule has 1 spiro atoms. The number of hydrogen-bond donors (Lipinski definition) is 1. The van der Waals surface area contributed by atoms with Gasteiger partial charge in [-0.3, -0.25) is 14.5 Å². The summed E-state index contributed by atoms with van der Waals surface area (Å²) in [4.78, 5) is 27.6. The predicted octanol–water partition coefficient (Wildman–Crippen LogP) is 2.84. The topological polar surface area (TPSA) is 58.6 Å². The van der Waals surface area contributed by atoms with E-state index in [1.165, 1.54) is 0 Å². The molecule has 1 aliphatic heterocycles. The maximum atomic E-state index is 13.1. The van der Waals surface area contributed by atoms with Gasteiger partial charge >= 0.3 is 0 Å². The van der Waals surface area contributed by atoms with Crippen molar-refractivity contribution in [3.63, 3.8) is 0 Å². The first-order valence-electron chi connectivity index (χ1n) is 9.47. The van der Waals surface area contributed by atoms with E-state index in [0.29, 0.717) is 25.0 Å². The van der Waals surface area contributed by atoms with Crippen LogP contribution in [-0.4, -0.2) is 41.1 Å². The van der Waals surface area contributed by atoms with E-state index in [4.69, 9.17) is 4.74 Å². The van der Waals surface area contributed by atoms with Gasteiger partial charge in [0, 0.05) is 12.5 Å². The molecule has 0 aromatic heterocycles. The Morgan fingerprint density at radius 3 is 2.33 bits per heavy atom. The van der Waals surface area contributed by atoms with Crippen molar-refractivity contribution in [2.45, 2.75) is 90.4 Å². The van der Waals surface area contributed by atoms with Gasteiger partial charge in [0.25, 0.3) is 0 Å². The predicted molar refractivity (Wildman–Crippen MR) is 92.2 cm³/mol. The van der Waals surface area contributed by atoms with Crippen LogP contribution in [0.15, 0.2) is 0 Å². The summed E-state index contributed by atoms with van der Waals surface area (Å²) in [5.41, 5.74) is -0.652. The summed E-state index contributed by atoms with van der Waals surface area (Å²) in [6.07, 6.45) is 6.34. The van der Waals surface area contributed by atoms with Gasteiger partial charge in [-0.05, 0) is 49.9 Å². The second-order valence-electron chi connectivity index (χ2n) is 9.24. The molecule has 1 heterocycles. The van der Waals surface area contributed by atoms with E-state index >= 15 is 0 Å². The summed E-state index contributed by atoms with van der Waals surface area (Å²) in [7, 11) is 0. The Hall–Kier alpha value is -1.10. The molecule has 24 heavy (non-hydrogen) atoms. The second-order valence-corrected chi connectivity index (χ2v) is 9.24. The van der Waals surface area contributed by atoms with Gasteiger partial charge in [0.2, 0.25) is 11.8 Å². The average molecular weight is 336 g/mol. The fourth-order valence-electron chi connectivity index (χ4n) is 3.92. The third-order valence-electron chi connectivity index (χ3n) is 5.49. The number of nitrogens with zero attached hydrogens (tertiary/aromatic N) is 1. The molecule has 1 saturated heterocycles. The van der Waals surface area contributed by atoms with Crippen molar-refractivity contribution in [1.29, 1.82) is 0 Å². The lowest BCUT2D eigenvalue weighted by molar-refractivity contribution is -0.163. The maximum Gasteiger partial charge on any atom is 0.245 e. The Balaban J connectivity index is 1.80. The minimum atomic E-state index is -0.555. The van der Waals surface area contributed by atoms with Gasteiger partial charge in [-0.25, -0.2) is 0 Å². The Morgan fingerprint density at radius 2 is 1.79 bits per heavy atom. The highest BCUT2D eigenvalue weighted by Gasteiger charge is 2.53. The molecule has 3 fully saturated rings. The zero-order chi connectivity index (χ0) is 17.5. The number of hydrogen-bond acceptors (Lipinski definition) is 3. The van der Waals surface area contributed by atoms with Gasteiger partial charge in [0.05, 0.1) is 6.61 Å². The van der Waals surface area contributed by atoms with Crippen LogP contribution in [0.2, 0.25) is 0 Å². The molecular formula is C19H32N2O3. The monoisotopic (exact) mass is 336 g/mol. The third-order valence-corrected chi connectivity index (χ3v) is 5.49. The summed E-state index contributed by atoms with van der Waals surface area (Å²) in [6, 6.07) is -0.158. The fraction of sp³-hybridized carbons (Fsp3) is 0.895. The van der Waals surface area contributed by atoms with Crippen LogP contribution < -0.4 is 5.32 Å². The second kappa shape index (κ2) is 6.32. The largest absolute Gasteiger partial charge is 0.353 e. The molecule has 0 radical (unpaired) electrons. The first kappa shape index (κ1) is 17.7. The Labute approximate surface area is 145 Å². The smallest absolute Gasteiger partial charge is 0.245 e. The number of amides is 2. The quantitative estimate of drug-likeness (QED) is 0.862. The fourth-order valence-corrected chi connectivity index (χ4v) is 3.92. The highest BCUT2D eigenvalue weighted by atomic mass is 16.5. The molecule has 0 unspecified atom stereocenters. The molecule has 1 N–H and O–H groups in total. The molecule has 2 saturated carbocycles. The first-order chi connectivity index (χ1) is 11.2. The van der Waals surface area contributed by atoms with Crippen LogP contribution in [0, 0.1) is 11.3 Å². The third kappa shape index (κ3) is 3.76. The molecule has 2 amide bonds. The van der Waals surface area contributed by atoms with Crippen LogP contribution in [0.4, 0.5) is 0 Å². The van der Waals surface area contributed by atoms with Gasteiger partial charge in [0.15, 0.2) is 0 Å². The van der Waals surface area contributed by atoms with Crippen molar-refractivity contribution in [3.05, 3.63) is 0 Å². The molecule has 5 nitrogen and oxygen atoms in total. The van der Waals surface area contributed by atoms with Gasteiger partial charge in [-0.2, -0.15) is 0 Å². The average Bonchev–Trinajstić information content (AvgIpc) is 3.20. The normalized spacial score (nSPS) is 33.8. The molecule has 3 aliphatic rings. The van der Waals surface area contributed by atoms with Crippen LogP contribution in [0.1, 0.15) is 72.6 Å². The Bertz CT molecular complexity index is 499. The summed E-state index contributed by atoms with van der Waals surface area (Å²) in [6.45, 7) is 8.79. The maximum absolute atomic E-state index is 13.1. The summed E-state index contributed by atoms with van der Waals surface area (Å²) in [5, 5.41) is 3.06. The van der Waals surface area contributed by atoms with Gasteiger partial charge in [-0.1, -0.05) is 27.7 Å². The minimum Gasteiger partial charge on any atom is -0.353 e. The number of ether oxygens (including phenoxy) is 1. The van der Waals surface area contributed by atoms with Crippen molar-refractivity contribution in [3.8, 4) is 0 Å². The number of nitrogens with one attached hydrogen (secondary N) is 1. The molecule has 0 aromatic carbocycles. The van der Waals surface area contributed by atoms with Gasteiger partial charge < -0.3 is 10.1 Å². The van der Waals surface area contributed by atoms with Crippen LogP contribution in [0.5, 0.6) is 0 Å². The molecule has 0 aromatic rings. The Kier molecular flexibility index (Phi) is 4.67. The summed E-state index contributed by atoms with van der Waals surface area (Å²) >= 11 is 0. The summed E-state index contributed by atoms with van der Waals surface area (Å²) < 4.78 is 6.16. The lowest BCUT2D eigenvalue weighted by atomic mass is 9.82.